The predicted molar refractivity (Wildman–Crippen MR) is 61.5 cm³/mol. The van der Waals surface area contributed by atoms with Crippen molar-refractivity contribution in [3.63, 3.8) is 0 Å². The number of hydrogen-bond donors (Lipinski definition) is 0. The van der Waals surface area contributed by atoms with Crippen LogP contribution in [0.1, 0.15) is 34.6 Å². The van der Waals surface area contributed by atoms with Crippen molar-refractivity contribution in [2.24, 2.45) is 0 Å². The lowest BCUT2D eigenvalue weighted by Crippen LogP contribution is -2.06. The molecule has 0 aromatic heterocycles. The van der Waals surface area contributed by atoms with E-state index in [1.54, 1.807) is 44.2 Å². The van der Waals surface area contributed by atoms with Crippen LogP contribution in [0.3, 0.4) is 0 Å². The first kappa shape index (κ1) is 12.2. The Morgan fingerprint density at radius 1 is 1.31 bits per heavy atom. The molecule has 0 amide bonds. The van der Waals surface area contributed by atoms with Gasteiger partial charge in [-0.3, -0.25) is 4.79 Å². The van der Waals surface area contributed by atoms with E-state index in [4.69, 9.17) is 4.74 Å². The quantitative estimate of drug-likeness (QED) is 0.443. The standard InChI is InChI=1S/C13H14O3/c1-3-6-12(14)10-7-5-8-11(9-10)13(15)16-4-2/h3,5-9H,4H2,1-2H3. The van der Waals surface area contributed by atoms with E-state index in [2.05, 4.69) is 0 Å². The Morgan fingerprint density at radius 2 is 2.00 bits per heavy atom. The molecule has 3 heteroatoms. The second-order valence-corrected chi connectivity index (χ2v) is 3.17. The van der Waals surface area contributed by atoms with Crippen LogP contribution < -0.4 is 0 Å². The minimum atomic E-state index is -0.405. The third-order valence-corrected chi connectivity index (χ3v) is 1.98. The van der Waals surface area contributed by atoms with Crippen LogP contribution in [0.4, 0.5) is 0 Å². The van der Waals surface area contributed by atoms with Crippen LogP contribution in [-0.2, 0) is 4.74 Å². The molecule has 3 nitrogen and oxygen atoms in total. The van der Waals surface area contributed by atoms with Gasteiger partial charge in [0.2, 0.25) is 0 Å². The van der Waals surface area contributed by atoms with Gasteiger partial charge in [-0.05, 0) is 32.1 Å². The van der Waals surface area contributed by atoms with E-state index in [0.29, 0.717) is 17.7 Å². The lowest BCUT2D eigenvalue weighted by atomic mass is 10.1. The Hall–Kier alpha value is -1.90. The predicted octanol–water partition coefficient (Wildman–Crippen LogP) is 2.62. The van der Waals surface area contributed by atoms with Crippen LogP contribution >= 0.6 is 0 Å². The third-order valence-electron chi connectivity index (χ3n) is 1.98. The first-order chi connectivity index (χ1) is 7.69. The van der Waals surface area contributed by atoms with Crippen LogP contribution in [0.2, 0.25) is 0 Å². The zero-order valence-corrected chi connectivity index (χ0v) is 9.40. The number of ether oxygens (including phenoxy) is 1. The monoisotopic (exact) mass is 218 g/mol. The molecule has 0 spiro atoms. The van der Waals surface area contributed by atoms with Gasteiger partial charge in [-0.2, -0.15) is 0 Å². The van der Waals surface area contributed by atoms with E-state index in [9.17, 15) is 9.59 Å². The highest BCUT2D eigenvalue weighted by Crippen LogP contribution is 2.08. The summed E-state index contributed by atoms with van der Waals surface area (Å²) in [4.78, 5) is 23.0. The molecule has 16 heavy (non-hydrogen) atoms. The lowest BCUT2D eigenvalue weighted by molar-refractivity contribution is 0.0526. The van der Waals surface area contributed by atoms with Gasteiger partial charge in [0.05, 0.1) is 12.2 Å². The molecular weight excluding hydrogens is 204 g/mol. The van der Waals surface area contributed by atoms with Crippen LogP contribution in [0.15, 0.2) is 36.4 Å². The van der Waals surface area contributed by atoms with Crippen molar-refractivity contribution in [2.45, 2.75) is 13.8 Å². The Morgan fingerprint density at radius 3 is 2.62 bits per heavy atom. The molecular formula is C13H14O3. The molecule has 1 rings (SSSR count). The number of carbonyl (C=O) groups is 2. The van der Waals surface area contributed by atoms with Crippen LogP contribution in [0, 0.1) is 0 Å². The Bertz CT molecular complexity index is 419. The zero-order chi connectivity index (χ0) is 12.0. The summed E-state index contributed by atoms with van der Waals surface area (Å²) in [5.41, 5.74) is 0.890. The first-order valence-corrected chi connectivity index (χ1v) is 5.13. The number of ketones is 1. The Labute approximate surface area is 94.7 Å². The van der Waals surface area contributed by atoms with Gasteiger partial charge in [0.15, 0.2) is 5.78 Å². The van der Waals surface area contributed by atoms with E-state index in [1.165, 1.54) is 6.08 Å². The number of esters is 1. The van der Waals surface area contributed by atoms with E-state index in [1.807, 2.05) is 0 Å². The van der Waals surface area contributed by atoms with Crippen molar-refractivity contribution in [2.75, 3.05) is 6.61 Å². The molecule has 0 atom stereocenters. The van der Waals surface area contributed by atoms with Gasteiger partial charge in [0.25, 0.3) is 0 Å². The molecule has 0 aliphatic carbocycles. The summed E-state index contributed by atoms with van der Waals surface area (Å²) in [6, 6.07) is 6.51. The maximum Gasteiger partial charge on any atom is 0.338 e. The van der Waals surface area contributed by atoms with Crippen LogP contribution in [0.5, 0.6) is 0 Å². The average molecular weight is 218 g/mol. The molecule has 0 N–H and O–H groups in total. The average Bonchev–Trinajstić information content (AvgIpc) is 2.30. The van der Waals surface area contributed by atoms with Gasteiger partial charge >= 0.3 is 5.97 Å². The van der Waals surface area contributed by atoms with Gasteiger partial charge in [-0.25, -0.2) is 4.79 Å². The highest BCUT2D eigenvalue weighted by Gasteiger charge is 2.08. The maximum atomic E-state index is 11.5. The van der Waals surface area contributed by atoms with E-state index < -0.39 is 5.97 Å². The summed E-state index contributed by atoms with van der Waals surface area (Å²) < 4.78 is 4.85. The minimum Gasteiger partial charge on any atom is -0.462 e. The molecule has 0 bridgehead atoms. The molecule has 0 saturated heterocycles. The molecule has 1 aromatic carbocycles. The maximum absolute atomic E-state index is 11.5. The second kappa shape index (κ2) is 5.85. The number of carbonyl (C=O) groups excluding carboxylic acids is 2. The molecule has 0 heterocycles. The first-order valence-electron chi connectivity index (χ1n) is 5.13. The van der Waals surface area contributed by atoms with Crippen molar-refractivity contribution >= 4 is 11.8 Å². The Kier molecular flexibility index (Phi) is 4.45. The normalized spacial score (nSPS) is 10.4. The number of allylic oxidation sites excluding steroid dienone is 2. The summed E-state index contributed by atoms with van der Waals surface area (Å²) in [7, 11) is 0. The van der Waals surface area contributed by atoms with Crippen molar-refractivity contribution < 1.29 is 14.3 Å². The Balaban J connectivity index is 2.95. The second-order valence-electron chi connectivity index (χ2n) is 3.17. The summed E-state index contributed by atoms with van der Waals surface area (Å²) in [5, 5.41) is 0. The summed E-state index contributed by atoms with van der Waals surface area (Å²) in [5.74, 6) is -0.522. The fourth-order valence-corrected chi connectivity index (χ4v) is 1.26. The van der Waals surface area contributed by atoms with E-state index in [-0.39, 0.29) is 5.78 Å². The fourth-order valence-electron chi connectivity index (χ4n) is 1.26. The summed E-state index contributed by atoms with van der Waals surface area (Å²) >= 11 is 0. The SMILES string of the molecule is CC=CC(=O)c1cccc(C(=O)OCC)c1. The van der Waals surface area contributed by atoms with Gasteiger partial charge in [0.1, 0.15) is 0 Å². The van der Waals surface area contributed by atoms with Gasteiger partial charge < -0.3 is 4.74 Å². The smallest absolute Gasteiger partial charge is 0.338 e. The minimum absolute atomic E-state index is 0.117. The molecule has 0 saturated carbocycles. The van der Waals surface area contributed by atoms with Gasteiger partial charge in [-0.15, -0.1) is 0 Å². The van der Waals surface area contributed by atoms with E-state index >= 15 is 0 Å². The molecule has 0 fully saturated rings. The van der Waals surface area contributed by atoms with Crippen molar-refractivity contribution in [1.29, 1.82) is 0 Å². The third kappa shape index (κ3) is 3.05. The molecule has 84 valence electrons. The van der Waals surface area contributed by atoms with Gasteiger partial charge in [0, 0.05) is 5.56 Å². The summed E-state index contributed by atoms with van der Waals surface area (Å²) in [6.45, 7) is 3.84. The topological polar surface area (TPSA) is 43.4 Å². The molecule has 0 aliphatic rings. The largest absolute Gasteiger partial charge is 0.462 e. The highest BCUT2D eigenvalue weighted by molar-refractivity contribution is 6.05. The fraction of sp³-hybridized carbons (Fsp3) is 0.231. The summed E-state index contributed by atoms with van der Waals surface area (Å²) in [6.07, 6.45) is 3.13. The lowest BCUT2D eigenvalue weighted by Gasteiger charge is -2.02. The molecule has 1 aromatic rings. The number of hydrogen-bond acceptors (Lipinski definition) is 3. The van der Waals surface area contributed by atoms with Crippen molar-refractivity contribution in [3.05, 3.63) is 47.5 Å². The number of benzene rings is 1. The van der Waals surface area contributed by atoms with E-state index in [0.717, 1.165) is 0 Å². The van der Waals surface area contributed by atoms with Crippen LogP contribution in [0.25, 0.3) is 0 Å². The zero-order valence-electron chi connectivity index (χ0n) is 9.40. The molecule has 0 aliphatic heterocycles. The highest BCUT2D eigenvalue weighted by atomic mass is 16.5. The molecule has 0 radical (unpaired) electrons. The van der Waals surface area contributed by atoms with Crippen molar-refractivity contribution in [1.82, 2.24) is 0 Å². The molecule has 0 unspecified atom stereocenters. The van der Waals surface area contributed by atoms with Crippen molar-refractivity contribution in [3.8, 4) is 0 Å². The van der Waals surface area contributed by atoms with Gasteiger partial charge in [-0.1, -0.05) is 18.2 Å². The van der Waals surface area contributed by atoms with Crippen LogP contribution in [-0.4, -0.2) is 18.4 Å². The number of rotatable bonds is 4.